The van der Waals surface area contributed by atoms with E-state index in [0.29, 0.717) is 5.65 Å². The number of nitrogens with zero attached hydrogens (tertiary/aromatic N) is 6. The second-order valence-corrected chi connectivity index (χ2v) is 8.06. The maximum Gasteiger partial charge on any atom is 0.258 e. The van der Waals surface area contributed by atoms with Gasteiger partial charge in [-0.2, -0.15) is 5.10 Å². The Bertz CT molecular complexity index is 1570. The van der Waals surface area contributed by atoms with Gasteiger partial charge in [-0.15, -0.1) is 0 Å². The van der Waals surface area contributed by atoms with Gasteiger partial charge in [0.1, 0.15) is 11.3 Å². The molecule has 8 heteroatoms. The summed E-state index contributed by atoms with van der Waals surface area (Å²) in [4.78, 5) is 23.9. The van der Waals surface area contributed by atoms with Crippen LogP contribution in [0.15, 0.2) is 41.5 Å². The zero-order valence-corrected chi connectivity index (χ0v) is 16.1. The quantitative estimate of drug-likeness (QED) is 0.547. The summed E-state index contributed by atoms with van der Waals surface area (Å²) in [6.45, 7) is -2.48. The molecule has 0 unspecified atom stereocenters. The molecule has 1 saturated carbocycles. The van der Waals surface area contributed by atoms with Crippen LogP contribution in [0.2, 0.25) is 0 Å². The molecule has 0 atom stereocenters. The van der Waals surface area contributed by atoms with Crippen LogP contribution in [0.1, 0.15) is 32.3 Å². The summed E-state index contributed by atoms with van der Waals surface area (Å²) in [5.41, 5.74) is 0.988. The monoisotopic (exact) mass is 407 g/mol. The number of aromatic nitrogens is 5. The number of anilines is 1. The van der Waals surface area contributed by atoms with Crippen LogP contribution in [0.4, 0.5) is 5.69 Å². The molecule has 2 fully saturated rings. The predicted octanol–water partition coefficient (Wildman–Crippen LogP) is 1.96. The van der Waals surface area contributed by atoms with Crippen molar-refractivity contribution in [1.29, 1.82) is 0 Å². The van der Waals surface area contributed by atoms with Crippen molar-refractivity contribution in [2.45, 2.75) is 32.1 Å². The number of imidazole rings is 1. The van der Waals surface area contributed by atoms with Crippen LogP contribution < -0.4 is 15.8 Å². The van der Waals surface area contributed by atoms with Crippen molar-refractivity contribution in [3.8, 4) is 11.4 Å². The smallest absolute Gasteiger partial charge is 0.258 e. The summed E-state index contributed by atoms with van der Waals surface area (Å²) >= 11 is 0. The average Bonchev–Trinajstić information content (AvgIpc) is 3.38. The predicted molar refractivity (Wildman–Crippen MR) is 115 cm³/mol. The third kappa shape index (κ3) is 2.79. The number of pyridine rings is 1. The van der Waals surface area contributed by atoms with Crippen LogP contribution in [0.25, 0.3) is 22.7 Å². The van der Waals surface area contributed by atoms with Crippen LogP contribution in [0, 0.1) is 13.7 Å². The van der Waals surface area contributed by atoms with Crippen LogP contribution in [0.3, 0.4) is 0 Å². The van der Waals surface area contributed by atoms with Gasteiger partial charge < -0.3 is 10.2 Å². The fourth-order valence-corrected chi connectivity index (χ4v) is 4.17. The lowest BCUT2D eigenvalue weighted by Crippen LogP contribution is -2.52. The molecule has 152 valence electrons. The van der Waals surface area contributed by atoms with Gasteiger partial charge in [0.15, 0.2) is 5.65 Å². The molecule has 2 aliphatic rings. The van der Waals surface area contributed by atoms with Crippen molar-refractivity contribution in [3.63, 3.8) is 0 Å². The molecular weight excluding hydrogens is 378 g/mol. The Morgan fingerprint density at radius 3 is 2.90 bits per heavy atom. The highest BCUT2D eigenvalue weighted by Crippen LogP contribution is 2.38. The van der Waals surface area contributed by atoms with Crippen LogP contribution in [-0.2, 0) is 0 Å². The van der Waals surface area contributed by atoms with E-state index >= 15 is 0 Å². The highest BCUT2D eigenvalue weighted by Gasteiger charge is 2.45. The molecule has 30 heavy (non-hydrogen) atoms. The second kappa shape index (κ2) is 6.12. The van der Waals surface area contributed by atoms with Crippen molar-refractivity contribution in [3.05, 3.63) is 58.3 Å². The van der Waals surface area contributed by atoms with Crippen molar-refractivity contribution in [1.82, 2.24) is 29.3 Å². The van der Waals surface area contributed by atoms with E-state index in [9.17, 15) is 4.79 Å². The summed E-state index contributed by atoms with van der Waals surface area (Å²) in [6, 6.07) is 6.28. The van der Waals surface area contributed by atoms with Gasteiger partial charge in [0.2, 0.25) is 0 Å². The summed E-state index contributed by atoms with van der Waals surface area (Å²) in [7, 11) is 0. The van der Waals surface area contributed by atoms with E-state index in [0.717, 1.165) is 42.7 Å². The molecule has 1 aliphatic heterocycles. The topological polar surface area (TPSA) is 79.8 Å². The number of nitrogens with one attached hydrogen (secondary N) is 1. The minimum Gasteiger partial charge on any atom is -0.367 e. The lowest BCUT2D eigenvalue weighted by Gasteiger charge is -2.35. The molecule has 0 radical (unpaired) electrons. The van der Waals surface area contributed by atoms with Gasteiger partial charge >= 0.3 is 0 Å². The molecule has 6 rings (SSSR count). The number of rotatable bonds is 2. The molecule has 1 aliphatic carbocycles. The summed E-state index contributed by atoms with van der Waals surface area (Å²) in [5.74, 6) is 0. The summed E-state index contributed by atoms with van der Waals surface area (Å²) in [6.07, 6.45) is 5.27. The van der Waals surface area contributed by atoms with Crippen LogP contribution in [0.5, 0.6) is 0 Å². The van der Waals surface area contributed by atoms with Gasteiger partial charge in [-0.1, -0.05) is 0 Å². The molecule has 4 aromatic rings. The summed E-state index contributed by atoms with van der Waals surface area (Å²) in [5, 5.41) is 7.92. The maximum absolute atomic E-state index is 13.1. The Labute approximate surface area is 181 Å². The molecule has 1 N–H and O–H groups in total. The highest BCUT2D eigenvalue weighted by atomic mass is 16.1. The first-order valence-corrected chi connectivity index (χ1v) is 9.87. The van der Waals surface area contributed by atoms with Gasteiger partial charge in [0, 0.05) is 45.7 Å². The number of hydrogen-bond acceptors (Lipinski definition) is 6. The zero-order valence-electron chi connectivity index (χ0n) is 22.1. The van der Waals surface area contributed by atoms with Crippen molar-refractivity contribution >= 4 is 17.0 Å². The van der Waals surface area contributed by atoms with Crippen molar-refractivity contribution in [2.24, 2.45) is 0 Å². The summed E-state index contributed by atoms with van der Waals surface area (Å²) < 4.78 is 49.2. The standard InChI is InChI=1S/C22H23N7O/c1-14-9-18(26-29-11-15(2)24-21(14)29)17-10-20(30)28-12-16(3-4-19(28)25-17)27-8-7-23-22(13-27)5-6-22/h3-4,9-12,23H,5-8,13H2,1-2H3/i1D3,2D3. The van der Waals surface area contributed by atoms with E-state index in [1.54, 1.807) is 12.3 Å². The molecular formula is C22H23N7O. The van der Waals surface area contributed by atoms with Gasteiger partial charge in [-0.3, -0.25) is 9.20 Å². The van der Waals surface area contributed by atoms with Crippen molar-refractivity contribution < 1.29 is 8.22 Å². The Balaban J connectivity index is 1.44. The first-order valence-electron chi connectivity index (χ1n) is 12.9. The Morgan fingerprint density at radius 1 is 1.13 bits per heavy atom. The first-order chi connectivity index (χ1) is 16.9. The molecule has 0 bridgehead atoms. The fourth-order valence-electron chi connectivity index (χ4n) is 4.17. The van der Waals surface area contributed by atoms with Gasteiger partial charge in [0.25, 0.3) is 5.56 Å². The fraction of sp³-hybridized carbons (Fsp3) is 0.364. The van der Waals surface area contributed by atoms with Gasteiger partial charge in [-0.25, -0.2) is 14.5 Å². The molecule has 1 saturated heterocycles. The molecule has 4 aromatic heterocycles. The lowest BCUT2D eigenvalue weighted by molar-refractivity contribution is 0.442. The Kier molecular flexibility index (Phi) is 2.54. The Hall–Kier alpha value is -3.26. The second-order valence-electron chi connectivity index (χ2n) is 8.06. The van der Waals surface area contributed by atoms with Crippen LogP contribution in [-0.4, -0.2) is 49.2 Å². The number of aryl methyl sites for hydroxylation is 2. The number of piperazine rings is 1. The maximum atomic E-state index is 13.1. The molecule has 1 spiro atoms. The minimum atomic E-state index is -2.58. The third-order valence-corrected chi connectivity index (χ3v) is 5.93. The normalized spacial score (nSPS) is 21.7. The largest absolute Gasteiger partial charge is 0.367 e. The molecule has 5 heterocycles. The zero-order chi connectivity index (χ0) is 25.5. The number of fused-ring (bicyclic) bond motifs is 2. The van der Waals surface area contributed by atoms with E-state index in [1.165, 1.54) is 22.7 Å². The minimum absolute atomic E-state index is 0.0727. The van der Waals surface area contributed by atoms with E-state index in [-0.39, 0.29) is 39.4 Å². The Morgan fingerprint density at radius 2 is 2.07 bits per heavy atom. The van der Waals surface area contributed by atoms with Gasteiger partial charge in [0.05, 0.1) is 23.3 Å². The molecule has 8 nitrogen and oxygen atoms in total. The first kappa shape index (κ1) is 12.4. The van der Waals surface area contributed by atoms with Crippen LogP contribution >= 0.6 is 0 Å². The van der Waals surface area contributed by atoms with Gasteiger partial charge in [-0.05, 0) is 50.3 Å². The van der Waals surface area contributed by atoms with E-state index in [4.69, 9.17) is 8.22 Å². The average molecular weight is 408 g/mol. The van der Waals surface area contributed by atoms with E-state index in [1.807, 2.05) is 6.07 Å². The van der Waals surface area contributed by atoms with E-state index < -0.39 is 13.7 Å². The molecule has 0 amide bonds. The number of hydrogen-bond donors (Lipinski definition) is 1. The lowest BCUT2D eigenvalue weighted by atomic mass is 10.1. The van der Waals surface area contributed by atoms with Crippen molar-refractivity contribution in [2.75, 3.05) is 24.5 Å². The molecule has 0 aromatic carbocycles. The van der Waals surface area contributed by atoms with E-state index in [2.05, 4.69) is 25.3 Å². The highest BCUT2D eigenvalue weighted by molar-refractivity contribution is 5.62. The SMILES string of the molecule is [2H]C([2H])([2H])c1cn2nc(-c3cc(=O)n4cc(N5CCNC6(CC6)C5)ccc4n3)cc(C([2H])([2H])[2H])c2n1. The third-order valence-electron chi connectivity index (χ3n) is 5.93.